The summed E-state index contributed by atoms with van der Waals surface area (Å²) in [6, 6.07) is 8.87. The second-order valence-corrected chi connectivity index (χ2v) is 7.36. The molecule has 3 nitrogen and oxygen atoms in total. The van der Waals surface area contributed by atoms with E-state index in [-0.39, 0.29) is 5.25 Å². The van der Waals surface area contributed by atoms with Crippen LogP contribution in [-0.4, -0.2) is 26.8 Å². The molecular formula is C13H17NO2S. The van der Waals surface area contributed by atoms with Crippen molar-refractivity contribution in [3.63, 3.8) is 0 Å². The molecule has 0 amide bonds. The first-order valence-electron chi connectivity index (χ1n) is 6.17. The summed E-state index contributed by atoms with van der Waals surface area (Å²) in [5, 5.41) is 3.18. The molecule has 0 radical (unpaired) electrons. The van der Waals surface area contributed by atoms with Gasteiger partial charge in [-0.3, -0.25) is 0 Å². The Morgan fingerprint density at radius 1 is 1.00 bits per heavy atom. The molecular weight excluding hydrogens is 234 g/mol. The lowest BCUT2D eigenvalue weighted by Gasteiger charge is -2.12. The molecule has 2 fully saturated rings. The van der Waals surface area contributed by atoms with Crippen LogP contribution in [0.3, 0.4) is 0 Å². The highest BCUT2D eigenvalue weighted by Crippen LogP contribution is 2.39. The first kappa shape index (κ1) is 11.2. The third-order valence-electron chi connectivity index (χ3n) is 4.12. The van der Waals surface area contributed by atoms with Gasteiger partial charge in [0.05, 0.1) is 10.1 Å². The predicted octanol–water partition coefficient (Wildman–Crippen LogP) is 1.46. The topological polar surface area (TPSA) is 46.2 Å². The Kier molecular flexibility index (Phi) is 2.71. The number of hydrogen-bond acceptors (Lipinski definition) is 3. The van der Waals surface area contributed by atoms with Gasteiger partial charge in [0, 0.05) is 0 Å². The lowest BCUT2D eigenvalue weighted by molar-refractivity contribution is 0.494. The van der Waals surface area contributed by atoms with Gasteiger partial charge in [0.1, 0.15) is 0 Å². The molecule has 1 saturated carbocycles. The zero-order valence-corrected chi connectivity index (χ0v) is 10.5. The van der Waals surface area contributed by atoms with E-state index in [0.29, 0.717) is 16.7 Å². The van der Waals surface area contributed by atoms with Crippen LogP contribution in [0.25, 0.3) is 0 Å². The van der Waals surface area contributed by atoms with Crippen LogP contribution in [0.4, 0.5) is 0 Å². The van der Waals surface area contributed by atoms with Crippen LogP contribution in [0.5, 0.6) is 0 Å². The highest BCUT2D eigenvalue weighted by atomic mass is 32.2. The van der Waals surface area contributed by atoms with Gasteiger partial charge in [-0.2, -0.15) is 0 Å². The maximum Gasteiger partial charge on any atom is 0.181 e. The summed E-state index contributed by atoms with van der Waals surface area (Å²) in [5.41, 5.74) is 0. The number of hydrogen-bond donors (Lipinski definition) is 1. The Balaban J connectivity index is 1.86. The van der Waals surface area contributed by atoms with Gasteiger partial charge in [-0.1, -0.05) is 18.2 Å². The number of nitrogens with one attached hydrogen (secondary N) is 1. The molecule has 1 aliphatic heterocycles. The molecule has 3 atom stereocenters. The highest BCUT2D eigenvalue weighted by Gasteiger charge is 2.43. The molecule has 1 heterocycles. The molecule has 2 unspecified atom stereocenters. The molecule has 4 heteroatoms. The van der Waals surface area contributed by atoms with Gasteiger partial charge in [-0.15, -0.1) is 0 Å². The van der Waals surface area contributed by atoms with Crippen molar-refractivity contribution in [2.24, 2.45) is 11.8 Å². The largest absolute Gasteiger partial charge is 0.316 e. The number of benzene rings is 1. The molecule has 1 aliphatic carbocycles. The fraction of sp³-hybridized carbons (Fsp3) is 0.538. The summed E-state index contributed by atoms with van der Waals surface area (Å²) in [5.74, 6) is 1.14. The molecule has 3 rings (SSSR count). The van der Waals surface area contributed by atoms with Crippen molar-refractivity contribution >= 4 is 9.84 Å². The van der Waals surface area contributed by atoms with Gasteiger partial charge in [0.25, 0.3) is 0 Å². The quantitative estimate of drug-likeness (QED) is 0.865. The summed E-state index contributed by atoms with van der Waals surface area (Å²) in [4.78, 5) is 0.484. The second kappa shape index (κ2) is 4.10. The van der Waals surface area contributed by atoms with Gasteiger partial charge in [0.15, 0.2) is 9.84 Å². The zero-order chi connectivity index (χ0) is 11.9. The molecule has 1 aromatic carbocycles. The minimum Gasteiger partial charge on any atom is -0.316 e. The van der Waals surface area contributed by atoms with E-state index < -0.39 is 9.84 Å². The number of sulfone groups is 1. The van der Waals surface area contributed by atoms with Crippen molar-refractivity contribution in [2.45, 2.75) is 23.0 Å². The summed E-state index contributed by atoms with van der Waals surface area (Å²) in [6.45, 7) is 1.98. The van der Waals surface area contributed by atoms with Gasteiger partial charge >= 0.3 is 0 Å². The first-order chi connectivity index (χ1) is 8.18. The lowest BCUT2D eigenvalue weighted by Crippen LogP contribution is -2.22. The third kappa shape index (κ3) is 1.89. The maximum absolute atomic E-state index is 12.4. The van der Waals surface area contributed by atoms with Gasteiger partial charge < -0.3 is 5.32 Å². The molecule has 92 valence electrons. The lowest BCUT2D eigenvalue weighted by atomic mass is 10.0. The van der Waals surface area contributed by atoms with E-state index in [4.69, 9.17) is 0 Å². The standard InChI is InChI=1S/C13H17NO2S/c15-17(16,12-4-2-1-3-5-12)13-6-10-8-14-9-11(10)7-13/h1-5,10-11,13-14H,6-9H2/t10-,11?,13?/m0/s1. The first-order valence-corrected chi connectivity index (χ1v) is 7.72. The van der Waals surface area contributed by atoms with Crippen LogP contribution in [0, 0.1) is 11.8 Å². The fourth-order valence-electron chi connectivity index (χ4n) is 3.17. The second-order valence-electron chi connectivity index (χ2n) is 5.13. The van der Waals surface area contributed by atoms with Crippen LogP contribution in [0.2, 0.25) is 0 Å². The van der Waals surface area contributed by atoms with E-state index in [9.17, 15) is 8.42 Å². The van der Waals surface area contributed by atoms with E-state index in [2.05, 4.69) is 5.32 Å². The molecule has 2 aliphatic rings. The molecule has 0 bridgehead atoms. The monoisotopic (exact) mass is 251 g/mol. The molecule has 0 spiro atoms. The van der Waals surface area contributed by atoms with Crippen LogP contribution in [0.15, 0.2) is 35.2 Å². The van der Waals surface area contributed by atoms with Gasteiger partial charge in [0.2, 0.25) is 0 Å². The Labute approximate surface area is 102 Å². The maximum atomic E-state index is 12.4. The molecule has 1 N–H and O–H groups in total. The number of fused-ring (bicyclic) bond motifs is 1. The average Bonchev–Trinajstić information content (AvgIpc) is 2.90. The fourth-order valence-corrected chi connectivity index (χ4v) is 5.09. The van der Waals surface area contributed by atoms with Crippen LogP contribution in [0.1, 0.15) is 12.8 Å². The van der Waals surface area contributed by atoms with Gasteiger partial charge in [-0.25, -0.2) is 8.42 Å². The smallest absolute Gasteiger partial charge is 0.181 e. The minimum atomic E-state index is -3.11. The summed E-state index contributed by atoms with van der Waals surface area (Å²) in [6.07, 6.45) is 1.66. The van der Waals surface area contributed by atoms with Crippen molar-refractivity contribution in [2.75, 3.05) is 13.1 Å². The molecule has 0 aromatic heterocycles. The van der Waals surface area contributed by atoms with E-state index in [1.54, 1.807) is 24.3 Å². The number of rotatable bonds is 2. The van der Waals surface area contributed by atoms with Gasteiger partial charge in [-0.05, 0) is 49.9 Å². The third-order valence-corrected chi connectivity index (χ3v) is 6.31. The Hall–Kier alpha value is -0.870. The van der Waals surface area contributed by atoms with E-state index in [1.165, 1.54) is 0 Å². The van der Waals surface area contributed by atoms with Crippen molar-refractivity contribution in [3.8, 4) is 0 Å². The normalized spacial score (nSPS) is 32.6. The van der Waals surface area contributed by atoms with Crippen molar-refractivity contribution in [3.05, 3.63) is 30.3 Å². The SMILES string of the molecule is O=S(=O)(c1ccccc1)C1CC2CNC[C@@H]2C1. The highest BCUT2D eigenvalue weighted by molar-refractivity contribution is 7.92. The van der Waals surface area contributed by atoms with E-state index >= 15 is 0 Å². The van der Waals surface area contributed by atoms with E-state index in [0.717, 1.165) is 25.9 Å². The molecule has 17 heavy (non-hydrogen) atoms. The summed E-state index contributed by atoms with van der Waals surface area (Å²) < 4.78 is 24.9. The Bertz CT molecular complexity index is 485. The van der Waals surface area contributed by atoms with Crippen LogP contribution < -0.4 is 5.32 Å². The summed E-state index contributed by atoms with van der Waals surface area (Å²) in [7, 11) is -3.11. The average molecular weight is 251 g/mol. The van der Waals surface area contributed by atoms with Crippen LogP contribution in [-0.2, 0) is 9.84 Å². The Morgan fingerprint density at radius 3 is 2.18 bits per heavy atom. The predicted molar refractivity (Wildman–Crippen MR) is 66.5 cm³/mol. The summed E-state index contributed by atoms with van der Waals surface area (Å²) >= 11 is 0. The van der Waals surface area contributed by atoms with Crippen LogP contribution >= 0.6 is 0 Å². The van der Waals surface area contributed by atoms with Crippen molar-refractivity contribution < 1.29 is 8.42 Å². The molecule has 1 aromatic rings. The van der Waals surface area contributed by atoms with E-state index in [1.807, 2.05) is 6.07 Å². The molecule has 1 saturated heterocycles. The Morgan fingerprint density at radius 2 is 1.59 bits per heavy atom. The zero-order valence-electron chi connectivity index (χ0n) is 9.67. The van der Waals surface area contributed by atoms with Crippen molar-refractivity contribution in [1.82, 2.24) is 5.32 Å². The van der Waals surface area contributed by atoms with Crippen molar-refractivity contribution in [1.29, 1.82) is 0 Å². The minimum absolute atomic E-state index is 0.165.